The van der Waals surface area contributed by atoms with Crippen molar-refractivity contribution in [3.63, 3.8) is 0 Å². The van der Waals surface area contributed by atoms with Crippen LogP contribution >= 0.6 is 0 Å². The molecule has 0 bridgehead atoms. The summed E-state index contributed by atoms with van der Waals surface area (Å²) in [4.78, 5) is 11.5. The van der Waals surface area contributed by atoms with Gasteiger partial charge < -0.3 is 20.4 Å². The van der Waals surface area contributed by atoms with Gasteiger partial charge in [-0.1, -0.05) is 32.0 Å². The molecule has 26 heavy (non-hydrogen) atoms. The maximum Gasteiger partial charge on any atom is 0.224 e. The Bertz CT molecular complexity index is 761. The Morgan fingerprint density at radius 1 is 1.15 bits per heavy atom. The van der Waals surface area contributed by atoms with Crippen LogP contribution in [0.3, 0.4) is 0 Å². The first kappa shape index (κ1) is 18.6. The van der Waals surface area contributed by atoms with Crippen molar-refractivity contribution < 1.29 is 10.2 Å². The number of benzene rings is 1. The molecule has 3 N–H and O–H groups in total. The average Bonchev–Trinajstić information content (AvgIpc) is 2.65. The zero-order valence-corrected chi connectivity index (χ0v) is 15.7. The van der Waals surface area contributed by atoms with Gasteiger partial charge in [-0.05, 0) is 36.0 Å². The number of hydrogen-bond donors (Lipinski definition) is 3. The number of hydrogen-bond acceptors (Lipinski definition) is 6. The number of aromatic nitrogens is 2. The number of aliphatic hydroxyl groups is 2. The smallest absolute Gasteiger partial charge is 0.224 e. The lowest BCUT2D eigenvalue weighted by Gasteiger charge is -2.31. The van der Waals surface area contributed by atoms with Gasteiger partial charge in [-0.15, -0.1) is 0 Å². The molecule has 0 spiro atoms. The Hall–Kier alpha value is -2.18. The van der Waals surface area contributed by atoms with E-state index in [0.717, 1.165) is 36.6 Å². The van der Waals surface area contributed by atoms with Gasteiger partial charge in [0, 0.05) is 25.7 Å². The van der Waals surface area contributed by atoms with E-state index in [0.29, 0.717) is 18.4 Å². The van der Waals surface area contributed by atoms with E-state index in [4.69, 9.17) is 5.11 Å². The van der Waals surface area contributed by atoms with Gasteiger partial charge in [0.1, 0.15) is 5.82 Å². The van der Waals surface area contributed by atoms with Gasteiger partial charge in [0.05, 0.1) is 18.4 Å². The van der Waals surface area contributed by atoms with Gasteiger partial charge in [0.15, 0.2) is 0 Å². The van der Waals surface area contributed by atoms with Crippen LogP contribution in [0.4, 0.5) is 11.8 Å². The minimum Gasteiger partial charge on any atom is -0.395 e. The summed E-state index contributed by atoms with van der Waals surface area (Å²) in [6.45, 7) is 8.19. The molecule has 1 aliphatic heterocycles. The fourth-order valence-corrected chi connectivity index (χ4v) is 3.19. The second kappa shape index (κ2) is 8.01. The van der Waals surface area contributed by atoms with Crippen LogP contribution < -0.4 is 10.2 Å². The monoisotopic (exact) mass is 356 g/mol. The summed E-state index contributed by atoms with van der Waals surface area (Å²) >= 11 is 0. The fraction of sp³-hybridized carbons (Fsp3) is 0.500. The number of anilines is 2. The van der Waals surface area contributed by atoms with Gasteiger partial charge in [-0.25, -0.2) is 4.98 Å². The largest absolute Gasteiger partial charge is 0.395 e. The highest BCUT2D eigenvalue weighted by Gasteiger charge is 2.20. The second-order valence-corrected chi connectivity index (χ2v) is 7.16. The summed E-state index contributed by atoms with van der Waals surface area (Å²) in [5.41, 5.74) is 4.54. The third kappa shape index (κ3) is 4.14. The molecule has 1 atom stereocenters. The Balaban J connectivity index is 1.86. The van der Waals surface area contributed by atoms with Crippen molar-refractivity contribution >= 4 is 11.8 Å². The van der Waals surface area contributed by atoms with Crippen LogP contribution in [0, 0.1) is 0 Å². The van der Waals surface area contributed by atoms with Crippen molar-refractivity contribution in [2.24, 2.45) is 0 Å². The van der Waals surface area contributed by atoms with Crippen molar-refractivity contribution in [2.45, 2.75) is 45.8 Å². The van der Waals surface area contributed by atoms with Crippen LogP contribution in [0.15, 0.2) is 24.3 Å². The van der Waals surface area contributed by atoms with Gasteiger partial charge in [0.25, 0.3) is 0 Å². The Kier molecular flexibility index (Phi) is 5.74. The molecule has 0 radical (unpaired) electrons. The maximum atomic E-state index is 9.79. The molecule has 0 saturated carbocycles. The van der Waals surface area contributed by atoms with E-state index in [-0.39, 0.29) is 6.61 Å². The van der Waals surface area contributed by atoms with Crippen LogP contribution in [-0.4, -0.2) is 39.9 Å². The van der Waals surface area contributed by atoms with Crippen molar-refractivity contribution in [3.8, 4) is 0 Å². The third-order valence-electron chi connectivity index (χ3n) is 4.77. The Morgan fingerprint density at radius 2 is 1.96 bits per heavy atom. The first-order chi connectivity index (χ1) is 12.5. The molecule has 6 heteroatoms. The van der Waals surface area contributed by atoms with E-state index in [1.54, 1.807) is 6.92 Å². The predicted molar refractivity (Wildman–Crippen MR) is 104 cm³/mol. The molecule has 140 valence electrons. The highest BCUT2D eigenvalue weighted by atomic mass is 16.3. The van der Waals surface area contributed by atoms with Crippen molar-refractivity contribution in [3.05, 3.63) is 46.6 Å². The summed E-state index contributed by atoms with van der Waals surface area (Å²) in [6, 6.07) is 8.29. The van der Waals surface area contributed by atoms with Gasteiger partial charge in [-0.3, -0.25) is 0 Å². The average molecular weight is 356 g/mol. The molecule has 1 aromatic heterocycles. The normalized spacial score (nSPS) is 15.1. The van der Waals surface area contributed by atoms with Crippen molar-refractivity contribution in [1.29, 1.82) is 0 Å². The number of nitrogens with one attached hydrogen (secondary N) is 1. The Morgan fingerprint density at radius 3 is 2.65 bits per heavy atom. The summed E-state index contributed by atoms with van der Waals surface area (Å²) in [5, 5.41) is 21.9. The predicted octanol–water partition coefficient (Wildman–Crippen LogP) is 2.62. The Labute approximate surface area is 154 Å². The highest BCUT2D eigenvalue weighted by Crippen LogP contribution is 2.28. The third-order valence-corrected chi connectivity index (χ3v) is 4.77. The van der Waals surface area contributed by atoms with E-state index in [9.17, 15) is 5.11 Å². The minimum atomic E-state index is -0.436. The van der Waals surface area contributed by atoms with Gasteiger partial charge in [-0.2, -0.15) is 4.98 Å². The molecule has 0 unspecified atom stereocenters. The topological polar surface area (TPSA) is 81.5 Å². The van der Waals surface area contributed by atoms with Crippen LogP contribution in [0.2, 0.25) is 0 Å². The lowest BCUT2D eigenvalue weighted by atomic mass is 9.95. The molecule has 2 aromatic rings. The molecule has 3 rings (SSSR count). The van der Waals surface area contributed by atoms with Crippen LogP contribution in [0.5, 0.6) is 0 Å². The quantitative estimate of drug-likeness (QED) is 0.738. The number of aliphatic hydroxyl groups excluding tert-OH is 2. The van der Waals surface area contributed by atoms with E-state index < -0.39 is 6.10 Å². The number of nitrogens with zero attached hydrogens (tertiary/aromatic N) is 3. The van der Waals surface area contributed by atoms with E-state index >= 15 is 0 Å². The zero-order valence-electron chi connectivity index (χ0n) is 15.7. The summed E-state index contributed by atoms with van der Waals surface area (Å²) in [6.07, 6.45) is 0.491. The van der Waals surface area contributed by atoms with Gasteiger partial charge in [0.2, 0.25) is 5.95 Å². The molecular formula is C20H28N4O2. The fourth-order valence-electron chi connectivity index (χ4n) is 3.19. The molecule has 0 fully saturated rings. The molecular weight excluding hydrogens is 328 g/mol. The summed E-state index contributed by atoms with van der Waals surface area (Å²) in [7, 11) is 0. The SMILES string of the molecule is CC(C)c1cc(N2CCc3cc([C@H](C)O)ccc3C2)nc(NCCO)n1. The summed E-state index contributed by atoms with van der Waals surface area (Å²) in [5.74, 6) is 1.78. The molecule has 0 aliphatic carbocycles. The van der Waals surface area contributed by atoms with Gasteiger partial charge >= 0.3 is 0 Å². The van der Waals surface area contributed by atoms with E-state index in [2.05, 4.69) is 52.2 Å². The molecule has 6 nitrogen and oxygen atoms in total. The zero-order chi connectivity index (χ0) is 18.7. The number of fused-ring (bicyclic) bond motifs is 1. The van der Waals surface area contributed by atoms with Crippen LogP contribution in [0.25, 0.3) is 0 Å². The second-order valence-electron chi connectivity index (χ2n) is 7.16. The molecule has 2 heterocycles. The highest BCUT2D eigenvalue weighted by molar-refractivity contribution is 5.49. The van der Waals surface area contributed by atoms with Crippen molar-refractivity contribution in [2.75, 3.05) is 29.9 Å². The standard InChI is InChI=1S/C20H28N4O2/c1-13(2)18-11-19(23-20(22-18)21-7-9-25)24-8-6-16-10-15(14(3)26)4-5-17(16)12-24/h4-5,10-11,13-14,25-26H,6-9,12H2,1-3H3,(H,21,22,23)/t14-/m0/s1. The first-order valence-corrected chi connectivity index (χ1v) is 9.26. The molecule has 0 amide bonds. The first-order valence-electron chi connectivity index (χ1n) is 9.26. The van der Waals surface area contributed by atoms with Crippen LogP contribution in [0.1, 0.15) is 55.2 Å². The minimum absolute atomic E-state index is 0.0489. The molecule has 0 saturated heterocycles. The van der Waals surface area contributed by atoms with Crippen molar-refractivity contribution in [1.82, 2.24) is 9.97 Å². The lowest BCUT2D eigenvalue weighted by Crippen LogP contribution is -2.31. The van der Waals surface area contributed by atoms with Crippen LogP contribution in [-0.2, 0) is 13.0 Å². The lowest BCUT2D eigenvalue weighted by molar-refractivity contribution is 0.199. The summed E-state index contributed by atoms with van der Waals surface area (Å²) < 4.78 is 0. The maximum absolute atomic E-state index is 9.79. The van der Waals surface area contributed by atoms with E-state index in [1.165, 1.54) is 11.1 Å². The number of rotatable bonds is 6. The molecule has 1 aliphatic rings. The molecule has 1 aromatic carbocycles. The van der Waals surface area contributed by atoms with E-state index in [1.807, 2.05) is 6.07 Å².